The summed E-state index contributed by atoms with van der Waals surface area (Å²) in [7, 11) is 3.19. The molecule has 0 unspecified atom stereocenters. The Labute approximate surface area is 174 Å². The number of rotatable bonds is 6. The largest absolute Gasteiger partial charge is 0.497 e. The zero-order chi connectivity index (χ0) is 20.2. The van der Waals surface area contributed by atoms with Gasteiger partial charge < -0.3 is 14.8 Å². The van der Waals surface area contributed by atoms with Gasteiger partial charge in [-0.05, 0) is 61.1 Å². The molecule has 0 radical (unpaired) electrons. The standard InChI is InChI=1S/C23H24N2O3S/c1-27-19-9-10-21(28-2)18(12-19)13-22(26)25-23-24-20(14-29-23)17-8-7-15-5-3-4-6-16(15)11-17/h7-12,14H,3-6,13H2,1-2H3,(H,24,25,26). The Bertz CT molecular complexity index is 1030. The SMILES string of the molecule is COc1ccc(OC)c(CC(=O)Nc2nc(-c3ccc4c(c3)CCCC4)cs2)c1. The summed E-state index contributed by atoms with van der Waals surface area (Å²) < 4.78 is 10.6. The second kappa shape index (κ2) is 8.66. The maximum Gasteiger partial charge on any atom is 0.230 e. The van der Waals surface area contributed by atoms with E-state index >= 15 is 0 Å². The van der Waals surface area contributed by atoms with Crippen LogP contribution in [0.3, 0.4) is 0 Å². The third-order valence-corrected chi connectivity index (χ3v) is 5.99. The highest BCUT2D eigenvalue weighted by Crippen LogP contribution is 2.30. The van der Waals surface area contributed by atoms with Crippen molar-refractivity contribution >= 4 is 22.4 Å². The molecular formula is C23H24N2O3S. The van der Waals surface area contributed by atoms with Crippen LogP contribution >= 0.6 is 11.3 Å². The van der Waals surface area contributed by atoms with Crippen LogP contribution in [0.4, 0.5) is 5.13 Å². The molecule has 1 amide bonds. The Morgan fingerprint density at radius 3 is 2.69 bits per heavy atom. The fourth-order valence-corrected chi connectivity index (χ4v) is 4.45. The summed E-state index contributed by atoms with van der Waals surface area (Å²) in [6.07, 6.45) is 5.02. The third kappa shape index (κ3) is 4.43. The van der Waals surface area contributed by atoms with E-state index in [0.717, 1.165) is 23.2 Å². The molecule has 1 N–H and O–H groups in total. The monoisotopic (exact) mass is 408 g/mol. The van der Waals surface area contributed by atoms with E-state index in [0.29, 0.717) is 16.6 Å². The van der Waals surface area contributed by atoms with Crippen molar-refractivity contribution in [1.82, 2.24) is 4.98 Å². The third-order valence-electron chi connectivity index (χ3n) is 5.23. The summed E-state index contributed by atoms with van der Waals surface area (Å²) in [4.78, 5) is 17.2. The van der Waals surface area contributed by atoms with E-state index in [1.165, 1.54) is 41.7 Å². The first-order valence-corrected chi connectivity index (χ1v) is 10.6. The van der Waals surface area contributed by atoms with Gasteiger partial charge in [-0.15, -0.1) is 11.3 Å². The van der Waals surface area contributed by atoms with Gasteiger partial charge in [0.25, 0.3) is 0 Å². The van der Waals surface area contributed by atoms with Crippen molar-refractivity contribution in [2.75, 3.05) is 19.5 Å². The van der Waals surface area contributed by atoms with Gasteiger partial charge in [0.15, 0.2) is 5.13 Å². The van der Waals surface area contributed by atoms with E-state index in [1.54, 1.807) is 20.3 Å². The molecule has 29 heavy (non-hydrogen) atoms. The predicted molar refractivity (Wildman–Crippen MR) is 116 cm³/mol. The zero-order valence-corrected chi connectivity index (χ0v) is 17.5. The summed E-state index contributed by atoms with van der Waals surface area (Å²) in [6.45, 7) is 0. The lowest BCUT2D eigenvalue weighted by Gasteiger charge is -2.16. The van der Waals surface area contributed by atoms with Gasteiger partial charge in [-0.1, -0.05) is 12.1 Å². The minimum absolute atomic E-state index is 0.136. The number of aromatic nitrogens is 1. The molecule has 1 aliphatic rings. The maximum absolute atomic E-state index is 12.5. The minimum Gasteiger partial charge on any atom is -0.497 e. The molecule has 0 spiro atoms. The summed E-state index contributed by atoms with van der Waals surface area (Å²) in [6, 6.07) is 12.0. The normalized spacial score (nSPS) is 12.9. The van der Waals surface area contributed by atoms with Crippen LogP contribution in [0, 0.1) is 0 Å². The van der Waals surface area contributed by atoms with Crippen molar-refractivity contribution in [3.63, 3.8) is 0 Å². The molecule has 0 aliphatic heterocycles. The maximum atomic E-state index is 12.5. The number of ether oxygens (including phenoxy) is 2. The number of nitrogens with zero attached hydrogens (tertiary/aromatic N) is 1. The molecular weight excluding hydrogens is 384 g/mol. The number of thiazole rings is 1. The summed E-state index contributed by atoms with van der Waals surface area (Å²) in [5, 5.41) is 5.50. The van der Waals surface area contributed by atoms with Crippen LogP contribution in [0.1, 0.15) is 29.5 Å². The molecule has 5 nitrogen and oxygen atoms in total. The lowest BCUT2D eigenvalue weighted by Crippen LogP contribution is -2.14. The molecule has 150 valence electrons. The van der Waals surface area contributed by atoms with E-state index in [4.69, 9.17) is 9.47 Å². The Balaban J connectivity index is 1.46. The number of carbonyl (C=O) groups is 1. The molecule has 0 saturated carbocycles. The van der Waals surface area contributed by atoms with Crippen LogP contribution in [0.5, 0.6) is 11.5 Å². The molecule has 4 rings (SSSR count). The predicted octanol–water partition coefficient (Wildman–Crippen LogP) is 4.89. The van der Waals surface area contributed by atoms with Gasteiger partial charge in [-0.25, -0.2) is 4.98 Å². The van der Waals surface area contributed by atoms with Gasteiger partial charge in [0, 0.05) is 16.5 Å². The first-order valence-electron chi connectivity index (χ1n) is 9.74. The second-order valence-electron chi connectivity index (χ2n) is 7.13. The van der Waals surface area contributed by atoms with E-state index < -0.39 is 0 Å². The van der Waals surface area contributed by atoms with Crippen LogP contribution in [0.15, 0.2) is 41.8 Å². The fraction of sp³-hybridized carbons (Fsp3) is 0.304. The van der Waals surface area contributed by atoms with Crippen LogP contribution in [-0.4, -0.2) is 25.1 Å². The van der Waals surface area contributed by atoms with Crippen molar-refractivity contribution in [3.8, 4) is 22.8 Å². The van der Waals surface area contributed by atoms with Gasteiger partial charge in [0.2, 0.25) is 5.91 Å². The molecule has 1 aromatic heterocycles. The molecule has 0 saturated heterocycles. The molecule has 1 heterocycles. The molecule has 0 fully saturated rings. The Morgan fingerprint density at radius 2 is 1.90 bits per heavy atom. The first kappa shape index (κ1) is 19.5. The Hall–Kier alpha value is -2.86. The lowest BCUT2D eigenvalue weighted by atomic mass is 9.90. The Kier molecular flexibility index (Phi) is 5.81. The highest BCUT2D eigenvalue weighted by atomic mass is 32.1. The number of hydrogen-bond donors (Lipinski definition) is 1. The first-order chi connectivity index (χ1) is 14.2. The molecule has 1 aliphatic carbocycles. The van der Waals surface area contributed by atoms with Crippen molar-refractivity contribution < 1.29 is 14.3 Å². The molecule has 6 heteroatoms. The number of nitrogens with one attached hydrogen (secondary N) is 1. The summed E-state index contributed by atoms with van der Waals surface area (Å²) in [5.74, 6) is 1.22. The summed E-state index contributed by atoms with van der Waals surface area (Å²) >= 11 is 1.44. The van der Waals surface area contributed by atoms with Gasteiger partial charge in [-0.2, -0.15) is 0 Å². The highest BCUT2D eigenvalue weighted by Gasteiger charge is 2.14. The number of hydrogen-bond acceptors (Lipinski definition) is 5. The number of fused-ring (bicyclic) bond motifs is 1. The topological polar surface area (TPSA) is 60.5 Å². The molecule has 3 aromatic rings. The van der Waals surface area contributed by atoms with E-state index in [9.17, 15) is 4.79 Å². The van der Waals surface area contributed by atoms with Crippen molar-refractivity contribution in [2.45, 2.75) is 32.1 Å². The molecule has 0 atom stereocenters. The smallest absolute Gasteiger partial charge is 0.230 e. The number of methoxy groups -OCH3 is 2. The van der Waals surface area contributed by atoms with Gasteiger partial charge in [-0.3, -0.25) is 4.79 Å². The van der Waals surface area contributed by atoms with Gasteiger partial charge >= 0.3 is 0 Å². The molecule has 0 bridgehead atoms. The molecule has 2 aromatic carbocycles. The van der Waals surface area contributed by atoms with Crippen molar-refractivity contribution in [3.05, 3.63) is 58.5 Å². The van der Waals surface area contributed by atoms with Crippen molar-refractivity contribution in [1.29, 1.82) is 0 Å². The summed E-state index contributed by atoms with van der Waals surface area (Å²) in [5.41, 5.74) is 5.67. The number of aryl methyl sites for hydroxylation is 2. The minimum atomic E-state index is -0.136. The van der Waals surface area contributed by atoms with Crippen LogP contribution in [0.25, 0.3) is 11.3 Å². The highest BCUT2D eigenvalue weighted by molar-refractivity contribution is 7.14. The fourth-order valence-electron chi connectivity index (χ4n) is 3.71. The second-order valence-corrected chi connectivity index (χ2v) is 7.99. The van der Waals surface area contributed by atoms with E-state index in [1.807, 2.05) is 17.5 Å². The van der Waals surface area contributed by atoms with Crippen LogP contribution in [-0.2, 0) is 24.1 Å². The van der Waals surface area contributed by atoms with Crippen LogP contribution in [0.2, 0.25) is 0 Å². The van der Waals surface area contributed by atoms with Gasteiger partial charge in [0.05, 0.1) is 26.3 Å². The number of anilines is 1. The van der Waals surface area contributed by atoms with E-state index in [2.05, 4.69) is 28.5 Å². The van der Waals surface area contributed by atoms with Gasteiger partial charge in [0.1, 0.15) is 11.5 Å². The van der Waals surface area contributed by atoms with Crippen molar-refractivity contribution in [2.24, 2.45) is 0 Å². The number of benzene rings is 2. The average molecular weight is 409 g/mol. The van der Waals surface area contributed by atoms with Crippen LogP contribution < -0.4 is 14.8 Å². The number of amides is 1. The zero-order valence-electron chi connectivity index (χ0n) is 16.7. The average Bonchev–Trinajstić information content (AvgIpc) is 3.21. The van der Waals surface area contributed by atoms with E-state index in [-0.39, 0.29) is 12.3 Å². The lowest BCUT2D eigenvalue weighted by molar-refractivity contribution is -0.115. The Morgan fingerprint density at radius 1 is 1.07 bits per heavy atom. The quantitative estimate of drug-likeness (QED) is 0.631. The number of carbonyl (C=O) groups excluding carboxylic acids is 1.